The number of esters is 2. The fourth-order valence-electron chi connectivity index (χ4n) is 6.52. The lowest BCUT2D eigenvalue weighted by molar-refractivity contribution is -0.139. The Labute approximate surface area is 338 Å². The van der Waals surface area contributed by atoms with Crippen LogP contribution >= 0.6 is 24.2 Å². The normalized spacial score (nSPS) is 12.9. The summed E-state index contributed by atoms with van der Waals surface area (Å²) in [5, 5.41) is 38.9. The highest BCUT2D eigenvalue weighted by Crippen LogP contribution is 2.51. The van der Waals surface area contributed by atoms with Gasteiger partial charge in [-0.05, 0) is 69.8 Å². The molecule has 6 rings (SSSR count). The summed E-state index contributed by atoms with van der Waals surface area (Å²) in [4.78, 5) is 66.3. The lowest BCUT2D eigenvalue weighted by atomic mass is 10.0. The molecule has 1 unspecified atom stereocenters. The number of carboxylic acids is 2. The number of ether oxygens (including phenoxy) is 3. The van der Waals surface area contributed by atoms with Crippen LogP contribution in [0.2, 0.25) is 0 Å². The summed E-state index contributed by atoms with van der Waals surface area (Å²) in [6.07, 6.45) is 1.30. The molecule has 2 heterocycles. The van der Waals surface area contributed by atoms with E-state index < -0.39 is 70.2 Å². The van der Waals surface area contributed by atoms with E-state index in [1.807, 2.05) is 11.8 Å². The first-order chi connectivity index (χ1) is 26.7. The van der Waals surface area contributed by atoms with Crippen molar-refractivity contribution in [3.63, 3.8) is 0 Å². The Bertz CT molecular complexity index is 2210. The second-order valence-electron chi connectivity index (χ2n) is 12.7. The van der Waals surface area contributed by atoms with Gasteiger partial charge in [-0.3, -0.25) is 9.69 Å². The number of carbonyl (C=O) groups is 5. The van der Waals surface area contributed by atoms with Crippen LogP contribution in [-0.2, 0) is 20.9 Å². The quantitative estimate of drug-likeness (QED) is 0.0497. The first-order valence-corrected chi connectivity index (χ1v) is 18.3. The third-order valence-corrected chi connectivity index (χ3v) is 10.4. The van der Waals surface area contributed by atoms with Gasteiger partial charge in [0, 0.05) is 40.1 Å². The molecule has 0 saturated carbocycles. The van der Waals surface area contributed by atoms with Crippen molar-refractivity contribution in [2.45, 2.75) is 57.1 Å². The number of carbonyl (C=O) groups excluding carboxylic acids is 3. The first-order valence-electron chi connectivity index (χ1n) is 17.5. The predicted molar refractivity (Wildman–Crippen MR) is 213 cm³/mol. The number of fused-ring (bicyclic) bond motifs is 4. The van der Waals surface area contributed by atoms with Crippen LogP contribution in [0.3, 0.4) is 0 Å². The Morgan fingerprint density at radius 3 is 2.05 bits per heavy atom. The van der Waals surface area contributed by atoms with E-state index in [9.17, 15) is 39.3 Å². The van der Waals surface area contributed by atoms with Gasteiger partial charge in [0.1, 0.15) is 29.2 Å². The molecule has 57 heavy (non-hydrogen) atoms. The van der Waals surface area contributed by atoms with Gasteiger partial charge in [0.05, 0.1) is 22.5 Å². The van der Waals surface area contributed by atoms with Crippen LogP contribution in [0.15, 0.2) is 76.5 Å². The number of aromatic hydroxyl groups is 2. The fraction of sp³-hybridized carbons (Fsp3) is 0.244. The van der Waals surface area contributed by atoms with Crippen molar-refractivity contribution in [1.82, 2.24) is 4.90 Å². The van der Waals surface area contributed by atoms with E-state index in [2.05, 4.69) is 79.1 Å². The van der Waals surface area contributed by atoms with Crippen molar-refractivity contribution in [2.24, 2.45) is 0 Å². The van der Waals surface area contributed by atoms with Crippen LogP contribution < -0.4 is 14.4 Å². The van der Waals surface area contributed by atoms with Gasteiger partial charge in [-0.15, -0.1) is 12.4 Å². The molecular formula is C41H41ClN2O12S. The Kier molecular flexibility index (Phi) is 14.4. The molecule has 2 aliphatic heterocycles. The van der Waals surface area contributed by atoms with Gasteiger partial charge in [0.2, 0.25) is 0 Å². The second kappa shape index (κ2) is 18.7. The van der Waals surface area contributed by atoms with Gasteiger partial charge in [0.25, 0.3) is 0 Å². The van der Waals surface area contributed by atoms with E-state index in [4.69, 9.17) is 19.3 Å². The number of carboxylic acid groups (broad SMARTS) is 2. The third kappa shape index (κ3) is 9.17. The van der Waals surface area contributed by atoms with Crippen LogP contribution in [0.5, 0.6) is 28.7 Å². The number of aromatic carboxylic acids is 1. The Hall–Kier alpha value is -6.03. The number of rotatable bonds is 11. The summed E-state index contributed by atoms with van der Waals surface area (Å²) in [5.74, 6) is -7.91. The zero-order chi connectivity index (χ0) is 40.8. The lowest BCUT2D eigenvalue weighted by Crippen LogP contribution is -2.41. The molecular weight excluding hydrogens is 780 g/mol. The molecule has 0 bridgehead atoms. The van der Waals surface area contributed by atoms with E-state index >= 15 is 0 Å². The minimum Gasteiger partial charge on any atom is -0.507 e. The molecule has 4 aromatic rings. The number of phenols is 2. The molecule has 0 radical (unpaired) electrons. The molecule has 0 amide bonds. The number of aldehydes is 1. The highest BCUT2D eigenvalue weighted by atomic mass is 35.5. The van der Waals surface area contributed by atoms with E-state index in [0.29, 0.717) is 18.2 Å². The maximum atomic E-state index is 12.9. The van der Waals surface area contributed by atoms with Gasteiger partial charge in [-0.25, -0.2) is 19.2 Å². The zero-order valence-corrected chi connectivity index (χ0v) is 33.2. The Morgan fingerprint density at radius 1 is 0.912 bits per heavy atom. The fourth-order valence-corrected chi connectivity index (χ4v) is 7.62. The number of anilines is 2. The molecule has 16 heteroatoms. The first kappa shape index (κ1) is 43.7. The molecule has 0 aromatic heterocycles. The molecule has 4 N–H and O–H groups in total. The van der Waals surface area contributed by atoms with Crippen molar-refractivity contribution >= 4 is 65.7 Å². The minimum atomic E-state index is -1.60. The van der Waals surface area contributed by atoms with Crippen molar-refractivity contribution < 1.29 is 58.6 Å². The monoisotopic (exact) mass is 820 g/mol. The molecule has 2 aliphatic rings. The standard InChI is InChI=1S/C22H16O12.C19H24N2S.ClH/c1-8-5-12(24)10(6-23)19-15(8)22(31)34-20-11(7-32-14(27)4-3-13(25)26)17(28)16(21(29)30)9(2)18(20)33-19;1-4-20(5-2)15(3)14-21-16-10-6-8-12-18(16)22-19-13-9-7-11-17(19)21;/h3-6,24,28H,7H2,1-2H3,(H,25,26)(H,29,30);6-13,15H,4-5,14H2,1-3H3;1H. The average Bonchev–Trinajstić information content (AvgIpc) is 3.31. The van der Waals surface area contributed by atoms with Crippen LogP contribution in [-0.4, -0.2) is 81.2 Å². The summed E-state index contributed by atoms with van der Waals surface area (Å²) in [6, 6.07) is 19.1. The Morgan fingerprint density at radius 2 is 1.51 bits per heavy atom. The maximum absolute atomic E-state index is 12.9. The van der Waals surface area contributed by atoms with Crippen LogP contribution in [0.25, 0.3) is 0 Å². The minimum absolute atomic E-state index is 0. The SMILES string of the molecule is CCN(CC)C(C)CN1c2ccccc2Sc2ccccc21.Cc1cc(O)c(C=O)c2c1C(=O)Oc1c(COC(=O)C=CC(=O)O)c(O)c(C(=O)O)c(C)c1O2.Cl. The van der Waals surface area contributed by atoms with E-state index in [1.165, 1.54) is 35.0 Å². The van der Waals surface area contributed by atoms with Crippen molar-refractivity contribution in [3.05, 3.63) is 100 Å². The molecule has 300 valence electrons. The number of hydrogen-bond acceptors (Lipinski definition) is 13. The van der Waals surface area contributed by atoms with Gasteiger partial charge in [-0.1, -0.05) is 49.9 Å². The number of phenolic OH excluding ortho intramolecular Hbond substituents is 1. The smallest absolute Gasteiger partial charge is 0.347 e. The van der Waals surface area contributed by atoms with E-state index in [1.54, 1.807) is 0 Å². The number of halogens is 1. The number of likely N-dealkylation sites (N-methyl/N-ethyl adjacent to an activating group) is 1. The zero-order valence-electron chi connectivity index (χ0n) is 31.6. The van der Waals surface area contributed by atoms with Crippen LogP contribution in [0.4, 0.5) is 11.4 Å². The topological polar surface area (TPSA) is 200 Å². The Balaban J connectivity index is 0.000000270. The van der Waals surface area contributed by atoms with Crippen LogP contribution in [0, 0.1) is 13.8 Å². The number of aliphatic carboxylic acids is 1. The van der Waals surface area contributed by atoms with E-state index in [0.717, 1.165) is 25.7 Å². The molecule has 0 fully saturated rings. The highest BCUT2D eigenvalue weighted by Gasteiger charge is 2.36. The number of nitrogens with zero attached hydrogens (tertiary/aromatic N) is 2. The molecule has 1 atom stereocenters. The number of aryl methyl sites for hydroxylation is 1. The number of hydrogen-bond donors (Lipinski definition) is 4. The van der Waals surface area contributed by atoms with Gasteiger partial charge in [-0.2, -0.15) is 0 Å². The maximum Gasteiger partial charge on any atom is 0.347 e. The van der Waals surface area contributed by atoms with Crippen molar-refractivity contribution in [2.75, 3.05) is 24.5 Å². The summed E-state index contributed by atoms with van der Waals surface area (Å²) < 4.78 is 15.9. The lowest BCUT2D eigenvalue weighted by Gasteiger charge is -2.37. The number of benzene rings is 4. The van der Waals surface area contributed by atoms with Crippen molar-refractivity contribution in [3.8, 4) is 28.7 Å². The highest BCUT2D eigenvalue weighted by molar-refractivity contribution is 7.99. The number of para-hydroxylation sites is 2. The molecule has 0 saturated heterocycles. The van der Waals surface area contributed by atoms with Crippen LogP contribution in [0.1, 0.15) is 68.5 Å². The summed E-state index contributed by atoms with van der Waals surface area (Å²) in [6.45, 7) is 11.9. The summed E-state index contributed by atoms with van der Waals surface area (Å²) in [5.41, 5.74) is 0.874. The third-order valence-electron chi connectivity index (χ3n) is 9.28. The van der Waals surface area contributed by atoms with Gasteiger partial charge in [0.15, 0.2) is 23.5 Å². The molecule has 0 spiro atoms. The largest absolute Gasteiger partial charge is 0.507 e. The molecule has 0 aliphatic carbocycles. The van der Waals surface area contributed by atoms with E-state index in [-0.39, 0.29) is 41.1 Å². The molecule has 14 nitrogen and oxygen atoms in total. The molecule has 4 aromatic carbocycles. The van der Waals surface area contributed by atoms with Gasteiger partial charge < -0.3 is 39.5 Å². The summed E-state index contributed by atoms with van der Waals surface area (Å²) >= 11 is 1.88. The predicted octanol–water partition coefficient (Wildman–Crippen LogP) is 7.68. The average molecular weight is 821 g/mol. The second-order valence-corrected chi connectivity index (χ2v) is 13.8. The summed E-state index contributed by atoms with van der Waals surface area (Å²) in [7, 11) is 0. The van der Waals surface area contributed by atoms with Crippen molar-refractivity contribution in [1.29, 1.82) is 0 Å². The van der Waals surface area contributed by atoms with Gasteiger partial charge >= 0.3 is 23.9 Å².